The third-order valence-corrected chi connectivity index (χ3v) is 6.23. The second-order valence-electron chi connectivity index (χ2n) is 8.12. The second-order valence-corrected chi connectivity index (χ2v) is 8.48. The number of morpholine rings is 1. The van der Waals surface area contributed by atoms with Crippen molar-refractivity contribution in [2.24, 2.45) is 0 Å². The molecule has 0 amide bonds. The van der Waals surface area contributed by atoms with Gasteiger partial charge in [0.25, 0.3) is 0 Å². The predicted molar refractivity (Wildman–Crippen MR) is 115 cm³/mol. The van der Waals surface area contributed by atoms with Gasteiger partial charge in [-0.15, -0.1) is 0 Å². The van der Waals surface area contributed by atoms with Gasteiger partial charge in [-0.3, -0.25) is 9.47 Å². The summed E-state index contributed by atoms with van der Waals surface area (Å²) in [5, 5.41) is 4.91. The van der Waals surface area contributed by atoms with E-state index in [1.54, 1.807) is 12.1 Å². The fourth-order valence-electron chi connectivity index (χ4n) is 4.01. The van der Waals surface area contributed by atoms with E-state index in [1.807, 2.05) is 10.7 Å². The summed E-state index contributed by atoms with van der Waals surface area (Å²) in [6.07, 6.45) is 2.30. The van der Waals surface area contributed by atoms with Crippen LogP contribution in [0, 0.1) is 10.6 Å². The van der Waals surface area contributed by atoms with Crippen molar-refractivity contribution >= 4 is 12.2 Å². The van der Waals surface area contributed by atoms with Gasteiger partial charge < -0.3 is 4.74 Å². The van der Waals surface area contributed by atoms with E-state index in [0.717, 1.165) is 35.8 Å². The molecule has 2 heterocycles. The van der Waals surface area contributed by atoms with Crippen LogP contribution >= 0.6 is 12.2 Å². The van der Waals surface area contributed by atoms with Gasteiger partial charge in [-0.05, 0) is 48.3 Å². The summed E-state index contributed by atoms with van der Waals surface area (Å²) in [7, 11) is 0. The molecule has 5 rings (SSSR count). The summed E-state index contributed by atoms with van der Waals surface area (Å²) in [6, 6.07) is 17.0. The summed E-state index contributed by atoms with van der Waals surface area (Å²) in [5.41, 5.74) is 2.23. The van der Waals surface area contributed by atoms with Crippen LogP contribution < -0.4 is 0 Å². The van der Waals surface area contributed by atoms with Crippen LogP contribution in [-0.2, 0) is 18.0 Å². The van der Waals surface area contributed by atoms with Crippen LogP contribution in [0.4, 0.5) is 4.39 Å². The maximum Gasteiger partial charge on any atom is 0.199 e. The normalized spacial score (nSPS) is 19.8. The highest BCUT2D eigenvalue weighted by Crippen LogP contribution is 2.39. The maximum atomic E-state index is 13.3. The van der Waals surface area contributed by atoms with Crippen molar-refractivity contribution in [2.45, 2.75) is 38.1 Å². The molecule has 1 unspecified atom stereocenters. The molecule has 156 valence electrons. The molecule has 30 heavy (non-hydrogen) atoms. The molecule has 2 aliphatic rings. The summed E-state index contributed by atoms with van der Waals surface area (Å²) in [4.78, 5) is 2.31. The topological polar surface area (TPSA) is 35.2 Å². The zero-order chi connectivity index (χ0) is 20.5. The Morgan fingerprint density at radius 1 is 1.07 bits per heavy atom. The van der Waals surface area contributed by atoms with Crippen LogP contribution in [0.25, 0.3) is 0 Å². The van der Waals surface area contributed by atoms with Crippen molar-refractivity contribution < 1.29 is 9.13 Å². The van der Waals surface area contributed by atoms with Crippen LogP contribution in [0.1, 0.15) is 41.8 Å². The van der Waals surface area contributed by atoms with Crippen molar-refractivity contribution in [3.8, 4) is 0 Å². The summed E-state index contributed by atoms with van der Waals surface area (Å²) >= 11 is 5.83. The first-order chi connectivity index (χ1) is 14.7. The Morgan fingerprint density at radius 3 is 2.57 bits per heavy atom. The van der Waals surface area contributed by atoms with Crippen molar-refractivity contribution in [1.29, 1.82) is 0 Å². The van der Waals surface area contributed by atoms with Gasteiger partial charge in [0.05, 0.1) is 25.9 Å². The molecule has 0 N–H and O–H groups in total. The standard InChI is InChI=1S/C23H25FN4OS/c24-20-10-8-18(9-11-20)21-15-26(12-13-29-21)16-28-23(30)27(22(25-28)19-6-7-19)14-17-4-2-1-3-5-17/h1-5,8-11,19,21H,6-7,12-16H2. The van der Waals surface area contributed by atoms with Gasteiger partial charge in [0.15, 0.2) is 4.77 Å². The zero-order valence-electron chi connectivity index (χ0n) is 16.8. The number of ether oxygens (including phenoxy) is 1. The Labute approximate surface area is 180 Å². The molecule has 1 saturated heterocycles. The van der Waals surface area contributed by atoms with Crippen molar-refractivity contribution in [1.82, 2.24) is 19.2 Å². The minimum absolute atomic E-state index is 0.0668. The average Bonchev–Trinajstić information content (AvgIpc) is 3.57. The number of nitrogens with zero attached hydrogens (tertiary/aromatic N) is 4. The fraction of sp³-hybridized carbons (Fsp3) is 0.391. The predicted octanol–water partition coefficient (Wildman–Crippen LogP) is 4.51. The van der Waals surface area contributed by atoms with Gasteiger partial charge in [-0.25, -0.2) is 9.07 Å². The lowest BCUT2D eigenvalue weighted by atomic mass is 10.1. The van der Waals surface area contributed by atoms with E-state index in [2.05, 4.69) is 33.7 Å². The van der Waals surface area contributed by atoms with E-state index in [-0.39, 0.29) is 11.9 Å². The Bertz CT molecular complexity index is 1060. The number of halogens is 1. The highest BCUT2D eigenvalue weighted by Gasteiger charge is 2.31. The molecule has 1 saturated carbocycles. The first kappa shape index (κ1) is 19.6. The number of benzene rings is 2. The third kappa shape index (κ3) is 4.24. The van der Waals surface area contributed by atoms with E-state index < -0.39 is 0 Å². The number of rotatable bonds is 6. The fourth-order valence-corrected chi connectivity index (χ4v) is 4.26. The smallest absolute Gasteiger partial charge is 0.199 e. The van der Waals surface area contributed by atoms with Gasteiger partial charge >= 0.3 is 0 Å². The van der Waals surface area contributed by atoms with Crippen molar-refractivity contribution in [3.05, 3.63) is 82.1 Å². The molecular weight excluding hydrogens is 399 g/mol. The molecule has 1 aliphatic carbocycles. The molecule has 1 aliphatic heterocycles. The average molecular weight is 425 g/mol. The Hall–Kier alpha value is -2.35. The zero-order valence-corrected chi connectivity index (χ0v) is 17.6. The largest absolute Gasteiger partial charge is 0.371 e. The summed E-state index contributed by atoms with van der Waals surface area (Å²) in [6.45, 7) is 3.59. The summed E-state index contributed by atoms with van der Waals surface area (Å²) < 4.78 is 24.1. The molecule has 0 radical (unpaired) electrons. The Kier molecular flexibility index (Phi) is 5.50. The molecule has 1 atom stereocenters. The molecular formula is C23H25FN4OS. The van der Waals surface area contributed by atoms with Crippen molar-refractivity contribution in [3.63, 3.8) is 0 Å². The van der Waals surface area contributed by atoms with Gasteiger partial charge in [-0.1, -0.05) is 42.5 Å². The van der Waals surface area contributed by atoms with E-state index in [4.69, 9.17) is 22.1 Å². The third-order valence-electron chi connectivity index (χ3n) is 5.80. The van der Waals surface area contributed by atoms with E-state index >= 15 is 0 Å². The van der Waals surface area contributed by atoms with Gasteiger partial charge in [0, 0.05) is 19.0 Å². The van der Waals surface area contributed by atoms with Gasteiger partial charge in [0.1, 0.15) is 11.6 Å². The number of hydrogen-bond donors (Lipinski definition) is 0. The van der Waals surface area contributed by atoms with Crippen molar-refractivity contribution in [2.75, 3.05) is 19.7 Å². The first-order valence-corrected chi connectivity index (χ1v) is 10.9. The highest BCUT2D eigenvalue weighted by atomic mass is 32.1. The lowest BCUT2D eigenvalue weighted by Gasteiger charge is -2.32. The van der Waals surface area contributed by atoms with E-state index in [1.165, 1.54) is 30.5 Å². The van der Waals surface area contributed by atoms with Gasteiger partial charge in [0.2, 0.25) is 0 Å². The van der Waals surface area contributed by atoms with E-state index in [0.29, 0.717) is 19.2 Å². The monoisotopic (exact) mass is 424 g/mol. The minimum Gasteiger partial charge on any atom is -0.371 e. The van der Waals surface area contributed by atoms with Gasteiger partial charge in [-0.2, -0.15) is 5.10 Å². The molecule has 3 aromatic rings. The molecule has 1 aromatic heterocycles. The molecule has 0 bridgehead atoms. The summed E-state index contributed by atoms with van der Waals surface area (Å²) in [5.74, 6) is 1.40. The first-order valence-electron chi connectivity index (χ1n) is 10.5. The Balaban J connectivity index is 1.35. The van der Waals surface area contributed by atoms with Crippen LogP contribution in [-0.4, -0.2) is 38.9 Å². The van der Waals surface area contributed by atoms with Crippen LogP contribution in [0.2, 0.25) is 0 Å². The molecule has 0 spiro atoms. The van der Waals surface area contributed by atoms with E-state index in [9.17, 15) is 4.39 Å². The quantitative estimate of drug-likeness (QED) is 0.546. The van der Waals surface area contributed by atoms with Crippen LogP contribution in [0.15, 0.2) is 54.6 Å². The molecule has 2 aromatic carbocycles. The lowest BCUT2D eigenvalue weighted by Crippen LogP contribution is -2.39. The number of hydrogen-bond acceptors (Lipinski definition) is 4. The molecule has 7 heteroatoms. The highest BCUT2D eigenvalue weighted by molar-refractivity contribution is 7.71. The van der Waals surface area contributed by atoms with Crippen LogP contribution in [0.5, 0.6) is 0 Å². The molecule has 5 nitrogen and oxygen atoms in total. The SMILES string of the molecule is Fc1ccc(C2CN(Cn3nc(C4CC4)n(Cc4ccccc4)c3=S)CCO2)cc1. The van der Waals surface area contributed by atoms with Crippen LogP contribution in [0.3, 0.4) is 0 Å². The minimum atomic E-state index is -0.228. The second kappa shape index (κ2) is 8.41. The maximum absolute atomic E-state index is 13.3. The number of aromatic nitrogens is 3. The lowest BCUT2D eigenvalue weighted by molar-refractivity contribution is -0.0419. The molecule has 2 fully saturated rings. The Morgan fingerprint density at radius 2 is 1.83 bits per heavy atom.